The van der Waals surface area contributed by atoms with E-state index in [4.69, 9.17) is 4.74 Å². The molecule has 3 aromatic rings. The van der Waals surface area contributed by atoms with Gasteiger partial charge in [-0.25, -0.2) is 4.79 Å². The second-order valence-corrected chi connectivity index (χ2v) is 17.9. The van der Waals surface area contributed by atoms with Crippen LogP contribution < -0.4 is 5.32 Å². The molecule has 282 valence electrons. The molecule has 1 heterocycles. The summed E-state index contributed by atoms with van der Waals surface area (Å²) in [6, 6.07) is 27.5. The summed E-state index contributed by atoms with van der Waals surface area (Å²) in [5.41, 5.74) is 1.59. The number of rotatable bonds is 8. The smallest absolute Gasteiger partial charge is 0.322 e. The molecule has 3 aromatic carbocycles. The lowest BCUT2D eigenvalue weighted by Gasteiger charge is -2.71. The van der Waals surface area contributed by atoms with Gasteiger partial charge in [-0.2, -0.15) is 0 Å². The van der Waals surface area contributed by atoms with Crippen LogP contribution in [0.2, 0.25) is 0 Å². The van der Waals surface area contributed by atoms with E-state index in [1.54, 1.807) is 4.90 Å². The number of allylic oxidation sites excluding steroid dienone is 4. The molecule has 1 aliphatic heterocycles. The molecule has 4 fully saturated rings. The third-order valence-electron chi connectivity index (χ3n) is 15.4. The van der Waals surface area contributed by atoms with Gasteiger partial charge in [-0.05, 0) is 98.3 Å². The van der Waals surface area contributed by atoms with Gasteiger partial charge in [0.25, 0.3) is 0 Å². The summed E-state index contributed by atoms with van der Waals surface area (Å²) in [6.45, 7) is 5.96. The Bertz CT molecular complexity index is 1970. The Labute approximate surface area is 319 Å². The number of aliphatic hydroxyl groups excluding tert-OH is 1. The summed E-state index contributed by atoms with van der Waals surface area (Å²) in [4.78, 5) is 31.0. The number of amides is 2. The van der Waals surface area contributed by atoms with Crippen molar-refractivity contribution in [3.8, 4) is 11.1 Å². The van der Waals surface area contributed by atoms with Crippen molar-refractivity contribution in [1.82, 2.24) is 4.90 Å². The summed E-state index contributed by atoms with van der Waals surface area (Å²) in [7, 11) is 0. The highest BCUT2D eigenvalue weighted by Crippen LogP contribution is 2.78. The fraction of sp³-hybridized carbons (Fsp3) is 0.489. The lowest BCUT2D eigenvalue weighted by molar-refractivity contribution is -0.175. The van der Waals surface area contributed by atoms with E-state index in [1.165, 1.54) is 0 Å². The number of ketones is 1. The second-order valence-electron chi connectivity index (χ2n) is 17.9. The minimum absolute atomic E-state index is 0.00691. The molecule has 0 aromatic heterocycles. The lowest BCUT2D eigenvalue weighted by Crippen LogP contribution is -2.67. The summed E-state index contributed by atoms with van der Waals surface area (Å²) in [5.74, 6) is 0.236. The molecule has 9 atom stereocenters. The molecule has 10 rings (SSSR count). The van der Waals surface area contributed by atoms with E-state index >= 15 is 4.79 Å². The molecular formula is C47H54N2O5. The molecule has 3 saturated carbocycles. The van der Waals surface area contributed by atoms with Crippen molar-refractivity contribution in [2.75, 3.05) is 25.0 Å². The topological polar surface area (TPSA) is 99.1 Å². The quantitative estimate of drug-likeness (QED) is 0.159. The molecule has 2 spiro atoms. The van der Waals surface area contributed by atoms with Crippen LogP contribution in [-0.4, -0.2) is 64.4 Å². The molecule has 0 radical (unpaired) electrons. The summed E-state index contributed by atoms with van der Waals surface area (Å²) >= 11 is 0. The zero-order valence-corrected chi connectivity index (χ0v) is 31.7. The molecule has 7 nitrogen and oxygen atoms in total. The fourth-order valence-corrected chi connectivity index (χ4v) is 12.5. The van der Waals surface area contributed by atoms with Crippen LogP contribution in [0.15, 0.2) is 109 Å². The van der Waals surface area contributed by atoms with Gasteiger partial charge in [-0.3, -0.25) is 4.79 Å². The number of carbonyl (C=O) groups excluding carboxylic acids is 2. The number of urea groups is 1. The summed E-state index contributed by atoms with van der Waals surface area (Å²) in [6.07, 6.45) is 13.6. The van der Waals surface area contributed by atoms with E-state index in [2.05, 4.69) is 49.5 Å². The number of para-hydroxylation sites is 1. The standard InChI is InChI=1S/C47H54N2O5/c1-43-22-19-36(50)28-45(43)25-26-47(38(29-45)41(51)34-17-15-33(16-18-34)32-10-5-3-6-11-32)39(43)20-23-44(2)40(47)21-24-46(44,53)31-49(30-37-14-9-27-54-37)42(52)48-35-12-7-4-8-13-35/h3-8,10-13,15-18,25-26,29,36-37,39-40,50,53H,9,14,19-24,27-28,30-31H2,1-2H3,(H,48,52). The van der Waals surface area contributed by atoms with Crippen LogP contribution in [0.5, 0.6) is 0 Å². The van der Waals surface area contributed by atoms with Gasteiger partial charge in [0.2, 0.25) is 0 Å². The Morgan fingerprint density at radius 2 is 1.48 bits per heavy atom. The molecule has 3 N–H and O–H groups in total. The normalized spacial score (nSPS) is 37.5. The van der Waals surface area contributed by atoms with Crippen LogP contribution in [0.1, 0.15) is 82.0 Å². The van der Waals surface area contributed by atoms with Crippen molar-refractivity contribution in [3.63, 3.8) is 0 Å². The molecular weight excluding hydrogens is 673 g/mol. The fourth-order valence-electron chi connectivity index (χ4n) is 12.5. The van der Waals surface area contributed by atoms with E-state index < -0.39 is 27.9 Å². The number of aliphatic hydroxyl groups is 2. The molecule has 9 unspecified atom stereocenters. The summed E-state index contributed by atoms with van der Waals surface area (Å²) < 4.78 is 6.03. The Hall–Kier alpha value is -4.04. The maximum Gasteiger partial charge on any atom is 0.322 e. The maximum atomic E-state index is 15.1. The van der Waals surface area contributed by atoms with Gasteiger partial charge in [0.05, 0.1) is 24.4 Å². The molecule has 7 heteroatoms. The molecule has 2 bridgehead atoms. The molecule has 6 aliphatic carbocycles. The Balaban J connectivity index is 1.09. The third-order valence-corrected chi connectivity index (χ3v) is 15.4. The van der Waals surface area contributed by atoms with Crippen molar-refractivity contribution in [1.29, 1.82) is 0 Å². The van der Waals surface area contributed by atoms with E-state index in [9.17, 15) is 15.0 Å². The first-order chi connectivity index (χ1) is 26.0. The average molecular weight is 727 g/mol. The number of benzene rings is 3. The monoisotopic (exact) mass is 726 g/mol. The van der Waals surface area contributed by atoms with E-state index in [0.29, 0.717) is 31.6 Å². The predicted molar refractivity (Wildman–Crippen MR) is 211 cm³/mol. The van der Waals surface area contributed by atoms with Crippen molar-refractivity contribution in [3.05, 3.63) is 114 Å². The first-order valence-corrected chi connectivity index (χ1v) is 20.3. The minimum Gasteiger partial charge on any atom is -0.393 e. The van der Waals surface area contributed by atoms with Gasteiger partial charge >= 0.3 is 6.03 Å². The first kappa shape index (κ1) is 35.6. The van der Waals surface area contributed by atoms with E-state index in [0.717, 1.165) is 67.3 Å². The first-order valence-electron chi connectivity index (χ1n) is 20.3. The molecule has 2 amide bonds. The van der Waals surface area contributed by atoms with Crippen LogP contribution >= 0.6 is 0 Å². The van der Waals surface area contributed by atoms with Crippen molar-refractivity contribution >= 4 is 17.5 Å². The van der Waals surface area contributed by atoms with Gasteiger partial charge < -0.3 is 25.2 Å². The Kier molecular flexibility index (Phi) is 8.60. The number of hydrogen-bond donors (Lipinski definition) is 3. The molecule has 1 saturated heterocycles. The zero-order chi connectivity index (χ0) is 37.3. The van der Waals surface area contributed by atoms with Crippen molar-refractivity contribution in [2.45, 2.75) is 89.4 Å². The van der Waals surface area contributed by atoms with Gasteiger partial charge in [-0.1, -0.05) is 105 Å². The number of fused-ring (bicyclic) bond motifs is 1. The SMILES string of the molecule is CC12CCC(O)CC13C=CC1(C(C(=O)c4ccc(-c5ccccc5)cc4)=C3)C2CCC2(C)C1CCC2(O)CN(CC1CCCO1)C(=O)Nc1ccccc1. The number of hydrogen-bond acceptors (Lipinski definition) is 5. The summed E-state index contributed by atoms with van der Waals surface area (Å²) in [5, 5.41) is 27.3. The number of nitrogens with zero attached hydrogens (tertiary/aromatic N) is 1. The largest absolute Gasteiger partial charge is 0.393 e. The predicted octanol–water partition coefficient (Wildman–Crippen LogP) is 8.84. The van der Waals surface area contributed by atoms with Gasteiger partial charge in [0, 0.05) is 46.2 Å². The third kappa shape index (κ3) is 5.32. The number of nitrogens with one attached hydrogen (secondary N) is 1. The second kappa shape index (κ2) is 13.0. The van der Waals surface area contributed by atoms with Gasteiger partial charge in [-0.15, -0.1) is 0 Å². The highest BCUT2D eigenvalue weighted by Gasteiger charge is 2.74. The van der Waals surface area contributed by atoms with Crippen LogP contribution in [0.3, 0.4) is 0 Å². The molecule has 7 aliphatic rings. The van der Waals surface area contributed by atoms with E-state index in [-0.39, 0.29) is 41.7 Å². The number of Topliss-reactive ketones (excluding diaryl/α,β-unsaturated/α-hetero) is 1. The average Bonchev–Trinajstić information content (AvgIpc) is 3.80. The van der Waals surface area contributed by atoms with Crippen LogP contribution in [0, 0.1) is 33.5 Å². The number of ether oxygens (including phenoxy) is 1. The van der Waals surface area contributed by atoms with E-state index in [1.807, 2.05) is 72.8 Å². The zero-order valence-electron chi connectivity index (χ0n) is 31.7. The minimum atomic E-state index is -1.17. The molecule has 54 heavy (non-hydrogen) atoms. The van der Waals surface area contributed by atoms with Crippen LogP contribution in [0.25, 0.3) is 11.1 Å². The van der Waals surface area contributed by atoms with Crippen LogP contribution in [0.4, 0.5) is 10.5 Å². The van der Waals surface area contributed by atoms with Crippen molar-refractivity contribution in [2.24, 2.45) is 33.5 Å². The lowest BCUT2D eigenvalue weighted by atomic mass is 9.32. The number of anilines is 1. The van der Waals surface area contributed by atoms with Gasteiger partial charge in [0.15, 0.2) is 5.78 Å². The maximum absolute atomic E-state index is 15.1. The Morgan fingerprint density at radius 1 is 0.815 bits per heavy atom. The highest BCUT2D eigenvalue weighted by atomic mass is 16.5. The highest BCUT2D eigenvalue weighted by molar-refractivity contribution is 6.10. The Morgan fingerprint density at radius 3 is 2.20 bits per heavy atom. The van der Waals surface area contributed by atoms with Crippen LogP contribution in [-0.2, 0) is 4.74 Å². The number of carbonyl (C=O) groups is 2. The van der Waals surface area contributed by atoms with Crippen molar-refractivity contribution < 1.29 is 24.5 Å². The van der Waals surface area contributed by atoms with Gasteiger partial charge in [0.1, 0.15) is 0 Å².